The number of carbonyl (C=O) groups excluding carboxylic acids is 1. The number of allylic oxidation sites excluding steroid dienone is 1. The molecular formula is C19H17N5O2. The Balaban J connectivity index is 1.74. The molecule has 0 atom stereocenters. The summed E-state index contributed by atoms with van der Waals surface area (Å²) >= 11 is 0. The van der Waals surface area contributed by atoms with Gasteiger partial charge in [0, 0.05) is 6.54 Å². The number of pyridine rings is 1. The molecule has 3 aromatic rings. The largest absolute Gasteiger partial charge is 0.492 e. The van der Waals surface area contributed by atoms with Gasteiger partial charge in [0.1, 0.15) is 23.6 Å². The van der Waals surface area contributed by atoms with Crippen LogP contribution >= 0.6 is 0 Å². The van der Waals surface area contributed by atoms with E-state index in [0.29, 0.717) is 41.8 Å². The summed E-state index contributed by atoms with van der Waals surface area (Å²) in [4.78, 5) is 17.2. The number of ether oxygens (including phenoxy) is 1. The van der Waals surface area contributed by atoms with Crippen LogP contribution in [0.25, 0.3) is 11.5 Å². The van der Waals surface area contributed by atoms with Crippen LogP contribution in [0.5, 0.6) is 5.75 Å². The molecule has 1 N–H and O–H groups in total. The second-order valence-corrected chi connectivity index (χ2v) is 5.77. The maximum Gasteiger partial charge on any atom is 0.260 e. The third-order valence-corrected chi connectivity index (χ3v) is 3.98. The van der Waals surface area contributed by atoms with E-state index >= 15 is 0 Å². The minimum absolute atomic E-state index is 0.267. The number of para-hydroxylation sites is 1. The van der Waals surface area contributed by atoms with E-state index in [1.54, 1.807) is 24.5 Å². The highest BCUT2D eigenvalue weighted by molar-refractivity contribution is 6.05. The standard InChI is InChI=1S/C19H17N5O2/c25-19-14-7-2-3-9-16(14)26-12-5-1-4-11-24-13-20-23-18(24)15-8-6-10-17(21-15)22-19/h1-4,6-10,13H,5,11-12H2,(H,21,22,25). The molecule has 3 heterocycles. The highest BCUT2D eigenvalue weighted by atomic mass is 16.5. The highest BCUT2D eigenvalue weighted by Crippen LogP contribution is 2.21. The SMILES string of the molecule is O=C1Nc2cccc(n2)-c2nncn2CC=CCCOc2ccccc21. The first kappa shape index (κ1) is 16.0. The summed E-state index contributed by atoms with van der Waals surface area (Å²) in [5.41, 5.74) is 1.12. The number of amides is 1. The van der Waals surface area contributed by atoms with Crippen molar-refractivity contribution in [1.29, 1.82) is 0 Å². The zero-order chi connectivity index (χ0) is 17.8. The molecule has 0 aliphatic carbocycles. The maximum atomic E-state index is 12.7. The Morgan fingerprint density at radius 2 is 2.00 bits per heavy atom. The van der Waals surface area contributed by atoms with Crippen LogP contribution < -0.4 is 10.1 Å². The van der Waals surface area contributed by atoms with Gasteiger partial charge in [-0.25, -0.2) is 4.98 Å². The van der Waals surface area contributed by atoms with E-state index in [1.807, 2.05) is 41.0 Å². The van der Waals surface area contributed by atoms with Crippen molar-refractivity contribution in [2.75, 3.05) is 11.9 Å². The Bertz CT molecular complexity index is 964. The lowest BCUT2D eigenvalue weighted by Gasteiger charge is -2.11. The van der Waals surface area contributed by atoms with Crippen LogP contribution in [0.4, 0.5) is 5.82 Å². The lowest BCUT2D eigenvalue weighted by atomic mass is 10.2. The van der Waals surface area contributed by atoms with Crippen LogP contribution in [0.15, 0.2) is 60.9 Å². The lowest BCUT2D eigenvalue weighted by molar-refractivity contribution is 0.102. The molecule has 2 bridgehead atoms. The van der Waals surface area contributed by atoms with Gasteiger partial charge in [0.15, 0.2) is 5.82 Å². The summed E-state index contributed by atoms with van der Waals surface area (Å²) < 4.78 is 7.68. The second kappa shape index (κ2) is 7.18. The van der Waals surface area contributed by atoms with Gasteiger partial charge in [-0.15, -0.1) is 10.2 Å². The monoisotopic (exact) mass is 347 g/mol. The van der Waals surface area contributed by atoms with Crippen LogP contribution in [0, 0.1) is 0 Å². The predicted molar refractivity (Wildman–Crippen MR) is 96.9 cm³/mol. The third-order valence-electron chi connectivity index (χ3n) is 3.98. The van der Waals surface area contributed by atoms with Gasteiger partial charge < -0.3 is 14.6 Å². The molecule has 1 aromatic carbocycles. The van der Waals surface area contributed by atoms with Gasteiger partial charge in [0.05, 0.1) is 12.2 Å². The topological polar surface area (TPSA) is 81.9 Å². The van der Waals surface area contributed by atoms with Gasteiger partial charge >= 0.3 is 0 Å². The Kier molecular flexibility index (Phi) is 4.42. The number of carbonyl (C=O) groups is 1. The second-order valence-electron chi connectivity index (χ2n) is 5.77. The molecule has 0 unspecified atom stereocenters. The van der Waals surface area contributed by atoms with Crippen LogP contribution in [0.3, 0.4) is 0 Å². The van der Waals surface area contributed by atoms with Gasteiger partial charge in [-0.2, -0.15) is 0 Å². The average Bonchev–Trinajstić information content (AvgIpc) is 3.13. The molecule has 0 saturated carbocycles. The first-order chi connectivity index (χ1) is 12.8. The number of benzene rings is 1. The first-order valence-corrected chi connectivity index (χ1v) is 8.35. The van der Waals surface area contributed by atoms with Crippen molar-refractivity contribution in [2.24, 2.45) is 0 Å². The molecular weight excluding hydrogens is 330 g/mol. The number of nitrogens with zero attached hydrogens (tertiary/aromatic N) is 4. The average molecular weight is 347 g/mol. The first-order valence-electron chi connectivity index (χ1n) is 8.35. The summed E-state index contributed by atoms with van der Waals surface area (Å²) in [6, 6.07) is 12.6. The Morgan fingerprint density at radius 1 is 1.08 bits per heavy atom. The Hall–Kier alpha value is -3.48. The zero-order valence-electron chi connectivity index (χ0n) is 14.0. The number of rotatable bonds is 0. The molecule has 1 amide bonds. The fourth-order valence-corrected chi connectivity index (χ4v) is 2.72. The number of anilines is 1. The normalized spacial score (nSPS) is 14.2. The molecule has 4 rings (SSSR count). The third kappa shape index (κ3) is 3.32. The number of hydrogen-bond acceptors (Lipinski definition) is 5. The van der Waals surface area contributed by atoms with Gasteiger partial charge in [-0.1, -0.05) is 30.4 Å². The van der Waals surface area contributed by atoms with Crippen molar-refractivity contribution < 1.29 is 9.53 Å². The van der Waals surface area contributed by atoms with Crippen molar-refractivity contribution in [1.82, 2.24) is 19.7 Å². The molecule has 7 heteroatoms. The molecule has 0 saturated heterocycles. The minimum Gasteiger partial charge on any atom is -0.492 e. The van der Waals surface area contributed by atoms with Crippen molar-refractivity contribution >= 4 is 11.7 Å². The molecule has 130 valence electrons. The van der Waals surface area contributed by atoms with Crippen LogP contribution in [0.2, 0.25) is 0 Å². The summed E-state index contributed by atoms with van der Waals surface area (Å²) in [6.45, 7) is 1.12. The molecule has 26 heavy (non-hydrogen) atoms. The number of fused-ring (bicyclic) bond motifs is 5. The Morgan fingerprint density at radius 3 is 2.96 bits per heavy atom. The molecule has 2 aromatic heterocycles. The number of aromatic nitrogens is 4. The van der Waals surface area contributed by atoms with Crippen molar-refractivity contribution in [3.05, 3.63) is 66.5 Å². The molecule has 0 fully saturated rings. The fraction of sp³-hybridized carbons (Fsp3) is 0.158. The van der Waals surface area contributed by atoms with E-state index in [-0.39, 0.29) is 5.91 Å². The van der Waals surface area contributed by atoms with Crippen molar-refractivity contribution in [2.45, 2.75) is 13.0 Å². The van der Waals surface area contributed by atoms with Gasteiger partial charge in [0.25, 0.3) is 5.91 Å². The smallest absolute Gasteiger partial charge is 0.260 e. The molecule has 1 aliphatic heterocycles. The van der Waals surface area contributed by atoms with Gasteiger partial charge in [0.2, 0.25) is 0 Å². The van der Waals surface area contributed by atoms with Crippen LogP contribution in [-0.2, 0) is 6.54 Å². The quantitative estimate of drug-likeness (QED) is 0.632. The van der Waals surface area contributed by atoms with E-state index < -0.39 is 0 Å². The van der Waals surface area contributed by atoms with Gasteiger partial charge in [-0.05, 0) is 30.7 Å². The number of hydrogen-bond donors (Lipinski definition) is 1. The molecule has 0 spiro atoms. The van der Waals surface area contributed by atoms with E-state index in [9.17, 15) is 4.79 Å². The minimum atomic E-state index is -0.267. The lowest BCUT2D eigenvalue weighted by Crippen LogP contribution is -2.15. The molecule has 1 aliphatic rings. The molecule has 0 radical (unpaired) electrons. The zero-order valence-corrected chi connectivity index (χ0v) is 14.0. The predicted octanol–water partition coefficient (Wildman–Crippen LogP) is 2.93. The summed E-state index contributed by atoms with van der Waals surface area (Å²) in [7, 11) is 0. The summed E-state index contributed by atoms with van der Waals surface area (Å²) in [5, 5.41) is 11.0. The Labute approximate surface area is 150 Å². The van der Waals surface area contributed by atoms with Crippen LogP contribution in [0.1, 0.15) is 16.8 Å². The molecule has 7 nitrogen and oxygen atoms in total. The van der Waals surface area contributed by atoms with Crippen molar-refractivity contribution in [3.8, 4) is 17.3 Å². The van der Waals surface area contributed by atoms with E-state index in [2.05, 4.69) is 20.5 Å². The van der Waals surface area contributed by atoms with Crippen LogP contribution in [-0.4, -0.2) is 32.3 Å². The van der Waals surface area contributed by atoms with E-state index in [1.165, 1.54) is 0 Å². The highest BCUT2D eigenvalue weighted by Gasteiger charge is 2.14. The number of nitrogens with one attached hydrogen (secondary N) is 1. The fourth-order valence-electron chi connectivity index (χ4n) is 2.72. The van der Waals surface area contributed by atoms with E-state index in [0.717, 1.165) is 6.42 Å². The van der Waals surface area contributed by atoms with E-state index in [4.69, 9.17) is 4.74 Å². The maximum absolute atomic E-state index is 12.7. The van der Waals surface area contributed by atoms with Gasteiger partial charge in [-0.3, -0.25) is 4.79 Å². The summed E-state index contributed by atoms with van der Waals surface area (Å²) in [6.07, 6.45) is 6.47. The van der Waals surface area contributed by atoms with Crippen molar-refractivity contribution in [3.63, 3.8) is 0 Å². The summed E-state index contributed by atoms with van der Waals surface area (Å²) in [5.74, 6) is 1.39.